The SMILES string of the molecule is CC(C)(C)C(O)CN1CCC2(CC1)CC2. The van der Waals surface area contributed by atoms with Crippen LogP contribution < -0.4 is 0 Å². The minimum atomic E-state index is -0.189. The van der Waals surface area contributed by atoms with Gasteiger partial charge in [0.1, 0.15) is 0 Å². The standard InChI is InChI=1S/C13H25NO/c1-12(2,3)11(15)10-14-8-6-13(4-5-13)7-9-14/h11,15H,4-10H2,1-3H3. The fourth-order valence-electron chi connectivity index (χ4n) is 2.41. The molecule has 1 saturated heterocycles. The van der Waals surface area contributed by atoms with Crippen molar-refractivity contribution in [3.05, 3.63) is 0 Å². The summed E-state index contributed by atoms with van der Waals surface area (Å²) in [6.07, 6.45) is 5.46. The molecule has 2 aliphatic rings. The monoisotopic (exact) mass is 211 g/mol. The average Bonchev–Trinajstić information content (AvgIpc) is 2.88. The van der Waals surface area contributed by atoms with E-state index in [1.54, 1.807) is 0 Å². The average molecular weight is 211 g/mol. The predicted octanol–water partition coefficient (Wildman–Crippen LogP) is 2.27. The van der Waals surface area contributed by atoms with Gasteiger partial charge in [0.15, 0.2) is 0 Å². The van der Waals surface area contributed by atoms with Crippen LogP contribution in [0.25, 0.3) is 0 Å². The molecule has 0 radical (unpaired) electrons. The van der Waals surface area contributed by atoms with Crippen LogP contribution in [0.15, 0.2) is 0 Å². The maximum absolute atomic E-state index is 10.0. The van der Waals surface area contributed by atoms with Gasteiger partial charge >= 0.3 is 0 Å². The first kappa shape index (κ1) is 11.4. The molecular weight excluding hydrogens is 186 g/mol. The predicted molar refractivity (Wildman–Crippen MR) is 62.8 cm³/mol. The second kappa shape index (κ2) is 3.74. The Kier molecular flexibility index (Phi) is 2.85. The van der Waals surface area contributed by atoms with E-state index < -0.39 is 0 Å². The summed E-state index contributed by atoms with van der Waals surface area (Å²) >= 11 is 0. The van der Waals surface area contributed by atoms with Crippen LogP contribution in [0.5, 0.6) is 0 Å². The lowest BCUT2D eigenvalue weighted by Crippen LogP contribution is -2.43. The Morgan fingerprint density at radius 3 is 2.07 bits per heavy atom. The summed E-state index contributed by atoms with van der Waals surface area (Å²) in [6.45, 7) is 9.61. The molecule has 1 saturated carbocycles. The van der Waals surface area contributed by atoms with Gasteiger partial charge in [-0.15, -0.1) is 0 Å². The summed E-state index contributed by atoms with van der Waals surface area (Å²) in [5.41, 5.74) is 0.776. The van der Waals surface area contributed by atoms with Gasteiger partial charge in [-0.05, 0) is 49.6 Å². The molecule has 1 aliphatic heterocycles. The summed E-state index contributed by atoms with van der Waals surface area (Å²) in [7, 11) is 0. The Labute approximate surface area is 93.7 Å². The van der Waals surface area contributed by atoms with E-state index in [1.807, 2.05) is 0 Å². The lowest BCUT2D eigenvalue weighted by Gasteiger charge is -2.36. The summed E-state index contributed by atoms with van der Waals surface area (Å²) in [4.78, 5) is 2.44. The molecule has 2 heteroatoms. The van der Waals surface area contributed by atoms with Crippen LogP contribution in [0.2, 0.25) is 0 Å². The van der Waals surface area contributed by atoms with Crippen molar-refractivity contribution >= 4 is 0 Å². The van der Waals surface area contributed by atoms with Gasteiger partial charge in [0.05, 0.1) is 6.10 Å². The number of hydrogen-bond acceptors (Lipinski definition) is 2. The molecule has 0 aromatic heterocycles. The molecule has 1 N–H and O–H groups in total. The lowest BCUT2D eigenvalue weighted by molar-refractivity contribution is 0.0173. The number of rotatable bonds is 2. The molecule has 2 nitrogen and oxygen atoms in total. The highest BCUT2D eigenvalue weighted by Crippen LogP contribution is 2.53. The Balaban J connectivity index is 1.76. The van der Waals surface area contributed by atoms with Gasteiger partial charge in [-0.2, -0.15) is 0 Å². The number of aliphatic hydroxyl groups excluding tert-OH is 1. The van der Waals surface area contributed by atoms with E-state index in [1.165, 1.54) is 38.8 Å². The minimum absolute atomic E-state index is 0.0225. The van der Waals surface area contributed by atoms with Crippen LogP contribution in [0, 0.1) is 10.8 Å². The number of hydrogen-bond donors (Lipinski definition) is 1. The van der Waals surface area contributed by atoms with Crippen LogP contribution in [-0.4, -0.2) is 35.7 Å². The van der Waals surface area contributed by atoms with Crippen LogP contribution in [0.3, 0.4) is 0 Å². The quantitative estimate of drug-likeness (QED) is 0.757. The topological polar surface area (TPSA) is 23.5 Å². The molecular formula is C13H25NO. The molecule has 0 amide bonds. The van der Waals surface area contributed by atoms with Crippen LogP contribution in [0.4, 0.5) is 0 Å². The van der Waals surface area contributed by atoms with Crippen molar-refractivity contribution in [2.24, 2.45) is 10.8 Å². The molecule has 2 fully saturated rings. The van der Waals surface area contributed by atoms with Crippen molar-refractivity contribution in [1.82, 2.24) is 4.90 Å². The number of aliphatic hydroxyl groups is 1. The highest BCUT2D eigenvalue weighted by Gasteiger charge is 2.44. The molecule has 1 heterocycles. The van der Waals surface area contributed by atoms with Gasteiger partial charge in [-0.25, -0.2) is 0 Å². The second-order valence-corrected chi connectivity index (χ2v) is 6.68. The molecule has 0 aromatic rings. The number of nitrogens with zero attached hydrogens (tertiary/aromatic N) is 1. The van der Waals surface area contributed by atoms with Crippen molar-refractivity contribution in [3.8, 4) is 0 Å². The van der Waals surface area contributed by atoms with Gasteiger partial charge in [-0.3, -0.25) is 0 Å². The van der Waals surface area contributed by atoms with Crippen molar-refractivity contribution in [2.45, 2.75) is 52.6 Å². The Hall–Kier alpha value is -0.0800. The molecule has 0 aromatic carbocycles. The molecule has 1 atom stereocenters. The van der Waals surface area contributed by atoms with Gasteiger partial charge in [0.25, 0.3) is 0 Å². The van der Waals surface area contributed by atoms with Gasteiger partial charge in [0, 0.05) is 6.54 Å². The lowest BCUT2D eigenvalue weighted by atomic mass is 9.87. The zero-order valence-corrected chi connectivity index (χ0v) is 10.4. The molecule has 15 heavy (non-hydrogen) atoms. The number of piperidine rings is 1. The second-order valence-electron chi connectivity index (χ2n) is 6.68. The summed E-state index contributed by atoms with van der Waals surface area (Å²) in [5.74, 6) is 0. The van der Waals surface area contributed by atoms with Gasteiger partial charge in [0.2, 0.25) is 0 Å². The molecule has 1 spiro atoms. The fraction of sp³-hybridized carbons (Fsp3) is 1.00. The largest absolute Gasteiger partial charge is 0.391 e. The van der Waals surface area contributed by atoms with Crippen molar-refractivity contribution in [3.63, 3.8) is 0 Å². The molecule has 0 bridgehead atoms. The first-order chi connectivity index (χ1) is 6.91. The summed E-state index contributed by atoms with van der Waals surface area (Å²) in [5, 5.41) is 10.0. The third-order valence-electron chi connectivity index (χ3n) is 4.30. The highest BCUT2D eigenvalue weighted by molar-refractivity contribution is 4.97. The first-order valence-corrected chi connectivity index (χ1v) is 6.32. The number of β-amino-alcohol motifs (C(OH)–C–C–N with tert-alkyl or cyclic N) is 1. The zero-order chi connectivity index (χ0) is 11.1. The van der Waals surface area contributed by atoms with Gasteiger partial charge in [-0.1, -0.05) is 20.8 Å². The van der Waals surface area contributed by atoms with E-state index in [0.717, 1.165) is 12.0 Å². The smallest absolute Gasteiger partial charge is 0.0715 e. The third kappa shape index (κ3) is 2.73. The van der Waals surface area contributed by atoms with Crippen molar-refractivity contribution in [2.75, 3.05) is 19.6 Å². The molecule has 2 rings (SSSR count). The van der Waals surface area contributed by atoms with Crippen LogP contribution in [-0.2, 0) is 0 Å². The van der Waals surface area contributed by atoms with E-state index in [0.29, 0.717) is 0 Å². The fourth-order valence-corrected chi connectivity index (χ4v) is 2.41. The first-order valence-electron chi connectivity index (χ1n) is 6.32. The molecule has 1 aliphatic carbocycles. The highest BCUT2D eigenvalue weighted by atomic mass is 16.3. The van der Waals surface area contributed by atoms with E-state index in [4.69, 9.17) is 0 Å². The molecule has 1 unspecified atom stereocenters. The van der Waals surface area contributed by atoms with Crippen molar-refractivity contribution < 1.29 is 5.11 Å². The van der Waals surface area contributed by atoms with Crippen LogP contribution >= 0.6 is 0 Å². The number of likely N-dealkylation sites (tertiary alicyclic amines) is 1. The van der Waals surface area contributed by atoms with Crippen LogP contribution in [0.1, 0.15) is 46.5 Å². The van der Waals surface area contributed by atoms with E-state index in [-0.39, 0.29) is 11.5 Å². The Bertz CT molecular complexity index is 217. The van der Waals surface area contributed by atoms with Gasteiger partial charge < -0.3 is 10.0 Å². The van der Waals surface area contributed by atoms with E-state index >= 15 is 0 Å². The molecule has 88 valence electrons. The van der Waals surface area contributed by atoms with E-state index in [9.17, 15) is 5.11 Å². The summed E-state index contributed by atoms with van der Waals surface area (Å²) in [6, 6.07) is 0. The zero-order valence-electron chi connectivity index (χ0n) is 10.4. The Morgan fingerprint density at radius 2 is 1.67 bits per heavy atom. The summed E-state index contributed by atoms with van der Waals surface area (Å²) < 4.78 is 0. The Morgan fingerprint density at radius 1 is 1.13 bits per heavy atom. The maximum Gasteiger partial charge on any atom is 0.0715 e. The van der Waals surface area contributed by atoms with E-state index in [2.05, 4.69) is 25.7 Å². The maximum atomic E-state index is 10.0. The minimum Gasteiger partial charge on any atom is -0.391 e. The van der Waals surface area contributed by atoms with Crippen molar-refractivity contribution in [1.29, 1.82) is 0 Å². The third-order valence-corrected chi connectivity index (χ3v) is 4.30. The normalized spacial score (nSPS) is 28.0.